The van der Waals surface area contributed by atoms with Crippen LogP contribution in [0.1, 0.15) is 27.8 Å². The highest BCUT2D eigenvalue weighted by molar-refractivity contribution is 7.92. The standard InChI is InChI=1S/C42H43NO6S/c1-32-18-22-38(23-19-32)43(50(44,45)39-24-20-33(2)21-25-39)26-37-30-47-40(31-46-27-34-12-6-3-7-13-34)42(49-29-36-16-10-5-11-17-36)41(37)48-28-35-14-8-4-9-15-35/h3-25,30,40-42H,26-29,31H2,1-2H3/t40-,41-,42+/m1/s1. The minimum absolute atomic E-state index is 0.0124. The number of rotatable bonds is 15. The van der Waals surface area contributed by atoms with Gasteiger partial charge in [-0.1, -0.05) is 126 Å². The van der Waals surface area contributed by atoms with Crippen LogP contribution in [-0.2, 0) is 48.8 Å². The Morgan fingerprint density at radius 1 is 0.620 bits per heavy atom. The molecule has 6 rings (SSSR count). The summed E-state index contributed by atoms with van der Waals surface area (Å²) in [5.74, 6) is 0. The van der Waals surface area contributed by atoms with Crippen LogP contribution in [0, 0.1) is 13.8 Å². The smallest absolute Gasteiger partial charge is 0.264 e. The monoisotopic (exact) mass is 689 g/mol. The third-order valence-electron chi connectivity index (χ3n) is 8.63. The maximum Gasteiger partial charge on any atom is 0.264 e. The highest BCUT2D eigenvalue weighted by Gasteiger charge is 2.41. The normalized spacial score (nSPS) is 17.5. The lowest BCUT2D eigenvalue weighted by molar-refractivity contribution is -0.152. The molecule has 0 saturated carbocycles. The zero-order valence-corrected chi connectivity index (χ0v) is 29.2. The molecule has 0 fully saturated rings. The first-order chi connectivity index (χ1) is 24.4. The van der Waals surface area contributed by atoms with E-state index >= 15 is 0 Å². The summed E-state index contributed by atoms with van der Waals surface area (Å²) in [6.45, 7) is 5.15. The molecule has 0 spiro atoms. The number of hydrogen-bond donors (Lipinski definition) is 0. The average Bonchev–Trinajstić information content (AvgIpc) is 3.14. The maximum absolute atomic E-state index is 14.4. The van der Waals surface area contributed by atoms with Crippen LogP contribution < -0.4 is 4.31 Å². The summed E-state index contributed by atoms with van der Waals surface area (Å²) in [5, 5.41) is 0. The highest BCUT2D eigenvalue weighted by atomic mass is 32.2. The van der Waals surface area contributed by atoms with Crippen molar-refractivity contribution in [2.24, 2.45) is 0 Å². The van der Waals surface area contributed by atoms with E-state index in [1.54, 1.807) is 18.4 Å². The van der Waals surface area contributed by atoms with Crippen LogP contribution in [-0.4, -0.2) is 39.9 Å². The summed E-state index contributed by atoms with van der Waals surface area (Å²) in [5.41, 5.74) is 6.20. The van der Waals surface area contributed by atoms with Crippen molar-refractivity contribution in [1.82, 2.24) is 0 Å². The summed E-state index contributed by atoms with van der Waals surface area (Å²) in [6, 6.07) is 44.2. The van der Waals surface area contributed by atoms with Crippen molar-refractivity contribution in [2.75, 3.05) is 17.5 Å². The van der Waals surface area contributed by atoms with Gasteiger partial charge in [-0.2, -0.15) is 0 Å². The molecule has 7 nitrogen and oxygen atoms in total. The maximum atomic E-state index is 14.4. The molecule has 0 saturated heterocycles. The van der Waals surface area contributed by atoms with Gasteiger partial charge in [0.1, 0.15) is 18.3 Å². The lowest BCUT2D eigenvalue weighted by Crippen LogP contribution is -2.50. The third kappa shape index (κ3) is 9.08. The number of hydrogen-bond acceptors (Lipinski definition) is 6. The van der Waals surface area contributed by atoms with Gasteiger partial charge in [-0.3, -0.25) is 4.31 Å². The fourth-order valence-electron chi connectivity index (χ4n) is 5.81. The van der Waals surface area contributed by atoms with Crippen molar-refractivity contribution >= 4 is 15.7 Å². The van der Waals surface area contributed by atoms with Crippen LogP contribution in [0.3, 0.4) is 0 Å². The summed E-state index contributed by atoms with van der Waals surface area (Å²) in [7, 11) is -3.99. The molecular weight excluding hydrogens is 647 g/mol. The van der Waals surface area contributed by atoms with Crippen molar-refractivity contribution in [2.45, 2.75) is 56.9 Å². The van der Waals surface area contributed by atoms with E-state index in [1.807, 2.05) is 141 Å². The van der Waals surface area contributed by atoms with Gasteiger partial charge in [-0.15, -0.1) is 0 Å². The Morgan fingerprint density at radius 3 is 1.68 bits per heavy atom. The zero-order chi connectivity index (χ0) is 34.8. The average molecular weight is 690 g/mol. The second kappa shape index (κ2) is 16.8. The number of ether oxygens (including phenoxy) is 4. The second-order valence-corrected chi connectivity index (χ2v) is 14.4. The lowest BCUT2D eigenvalue weighted by atomic mass is 9.97. The number of aryl methyl sites for hydroxylation is 2. The molecule has 1 aliphatic heterocycles. The first-order valence-corrected chi connectivity index (χ1v) is 18.2. The van der Waals surface area contributed by atoms with Gasteiger partial charge >= 0.3 is 0 Å². The minimum Gasteiger partial charge on any atom is -0.493 e. The molecule has 0 amide bonds. The predicted octanol–water partition coefficient (Wildman–Crippen LogP) is 8.17. The van der Waals surface area contributed by atoms with E-state index in [9.17, 15) is 8.42 Å². The fourth-order valence-corrected chi connectivity index (χ4v) is 7.26. The van der Waals surface area contributed by atoms with Crippen LogP contribution in [0.25, 0.3) is 0 Å². The van der Waals surface area contributed by atoms with Crippen molar-refractivity contribution < 1.29 is 27.4 Å². The molecule has 0 bridgehead atoms. The Balaban J connectivity index is 1.35. The van der Waals surface area contributed by atoms with Crippen LogP contribution in [0.5, 0.6) is 0 Å². The molecule has 0 aromatic heterocycles. The summed E-state index contributed by atoms with van der Waals surface area (Å²) in [4.78, 5) is 0.201. The molecule has 258 valence electrons. The number of anilines is 1. The molecule has 0 aliphatic carbocycles. The Bertz CT molecular complexity index is 1920. The van der Waals surface area contributed by atoms with Gasteiger partial charge in [0.15, 0.2) is 0 Å². The number of sulfonamides is 1. The first kappa shape index (κ1) is 35.1. The van der Waals surface area contributed by atoms with E-state index in [-0.39, 0.29) is 18.0 Å². The van der Waals surface area contributed by atoms with Gasteiger partial charge < -0.3 is 18.9 Å². The Morgan fingerprint density at radius 2 is 1.12 bits per heavy atom. The fraction of sp³-hybridized carbons (Fsp3) is 0.238. The summed E-state index contributed by atoms with van der Waals surface area (Å²) in [6.07, 6.45) is -0.148. The molecule has 50 heavy (non-hydrogen) atoms. The molecule has 3 atom stereocenters. The van der Waals surface area contributed by atoms with Crippen LogP contribution in [0.2, 0.25) is 0 Å². The van der Waals surface area contributed by atoms with E-state index in [2.05, 4.69) is 0 Å². The van der Waals surface area contributed by atoms with Crippen molar-refractivity contribution in [3.8, 4) is 0 Å². The largest absolute Gasteiger partial charge is 0.493 e. The van der Waals surface area contributed by atoms with E-state index in [4.69, 9.17) is 18.9 Å². The zero-order valence-electron chi connectivity index (χ0n) is 28.4. The molecule has 1 aliphatic rings. The number of benzene rings is 5. The van der Waals surface area contributed by atoms with Gasteiger partial charge in [-0.25, -0.2) is 8.42 Å². The van der Waals surface area contributed by atoms with Crippen molar-refractivity contribution in [3.05, 3.63) is 179 Å². The molecule has 5 aromatic rings. The van der Waals surface area contributed by atoms with E-state index < -0.39 is 28.3 Å². The van der Waals surface area contributed by atoms with E-state index in [1.165, 1.54) is 4.31 Å². The Kier molecular flexibility index (Phi) is 11.8. The van der Waals surface area contributed by atoms with Gasteiger partial charge in [0.2, 0.25) is 0 Å². The quantitative estimate of drug-likeness (QED) is 0.110. The topological polar surface area (TPSA) is 74.3 Å². The van der Waals surface area contributed by atoms with Crippen LogP contribution in [0.4, 0.5) is 5.69 Å². The second-order valence-electron chi connectivity index (χ2n) is 12.5. The molecule has 0 unspecified atom stereocenters. The van der Waals surface area contributed by atoms with Crippen LogP contribution >= 0.6 is 0 Å². The summed E-state index contributed by atoms with van der Waals surface area (Å²) >= 11 is 0. The van der Waals surface area contributed by atoms with Crippen molar-refractivity contribution in [1.29, 1.82) is 0 Å². The minimum atomic E-state index is -3.99. The van der Waals surface area contributed by atoms with Crippen LogP contribution in [0.15, 0.2) is 156 Å². The predicted molar refractivity (Wildman–Crippen MR) is 196 cm³/mol. The molecular formula is C42H43NO6S. The molecule has 8 heteroatoms. The van der Waals surface area contributed by atoms with Gasteiger partial charge in [-0.05, 0) is 54.8 Å². The SMILES string of the molecule is Cc1ccc(N(CC2=CO[C@H](COCc3ccccc3)[C@H](OCc3ccccc3)[C@@H]2OCc2ccccc2)S(=O)(=O)c2ccc(C)cc2)cc1. The van der Waals surface area contributed by atoms with E-state index in [0.717, 1.165) is 27.8 Å². The Labute approximate surface area is 295 Å². The first-order valence-electron chi connectivity index (χ1n) is 16.8. The number of nitrogens with zero attached hydrogens (tertiary/aromatic N) is 1. The van der Waals surface area contributed by atoms with E-state index in [0.29, 0.717) is 31.1 Å². The highest BCUT2D eigenvalue weighted by Crippen LogP contribution is 2.32. The molecule has 5 aromatic carbocycles. The summed E-state index contributed by atoms with van der Waals surface area (Å²) < 4.78 is 56.1. The molecule has 1 heterocycles. The molecule has 0 N–H and O–H groups in total. The lowest BCUT2D eigenvalue weighted by Gasteiger charge is -2.39. The third-order valence-corrected chi connectivity index (χ3v) is 10.4. The van der Waals surface area contributed by atoms with Crippen molar-refractivity contribution in [3.63, 3.8) is 0 Å². The molecule has 0 radical (unpaired) electrons. The van der Waals surface area contributed by atoms with Gasteiger partial charge in [0.25, 0.3) is 10.0 Å². The van der Waals surface area contributed by atoms with Gasteiger partial charge in [0.05, 0.1) is 49.8 Å². The van der Waals surface area contributed by atoms with Gasteiger partial charge in [0, 0.05) is 5.57 Å². The Hall–Kier alpha value is -4.73.